The minimum atomic E-state index is -0.546. The summed E-state index contributed by atoms with van der Waals surface area (Å²) in [7, 11) is 0. The van der Waals surface area contributed by atoms with Crippen LogP contribution in [0.15, 0.2) is 67.0 Å². The number of carbonyl (C=O) groups excluding carboxylic acids is 1. The van der Waals surface area contributed by atoms with Gasteiger partial charge in [-0.15, -0.1) is 0 Å². The van der Waals surface area contributed by atoms with Crippen LogP contribution in [0.2, 0.25) is 0 Å². The third-order valence-corrected chi connectivity index (χ3v) is 5.46. The summed E-state index contributed by atoms with van der Waals surface area (Å²) >= 11 is 0. The number of aromatic hydroxyl groups is 2. The number of aromatic nitrogens is 3. The number of anilines is 2. The maximum absolute atomic E-state index is 13.2. The molecule has 8 nitrogen and oxygen atoms in total. The Balaban J connectivity index is 1.37. The lowest BCUT2D eigenvalue weighted by Gasteiger charge is -2.28. The molecule has 0 fully saturated rings. The van der Waals surface area contributed by atoms with Gasteiger partial charge in [0.05, 0.1) is 11.4 Å². The van der Waals surface area contributed by atoms with E-state index in [1.165, 1.54) is 12.1 Å². The van der Waals surface area contributed by atoms with Crippen molar-refractivity contribution in [3.05, 3.63) is 84.1 Å². The van der Waals surface area contributed by atoms with E-state index in [0.29, 0.717) is 31.0 Å². The Bertz CT molecular complexity index is 1350. The maximum atomic E-state index is 13.2. The number of benzene rings is 2. The quantitative estimate of drug-likeness (QED) is 0.403. The number of halogens is 1. The number of carbonyl (C=O) groups is 1. The van der Waals surface area contributed by atoms with E-state index < -0.39 is 5.82 Å². The minimum Gasteiger partial charge on any atom is -0.508 e. The zero-order valence-electron chi connectivity index (χ0n) is 17.4. The molecule has 4 aromatic rings. The Morgan fingerprint density at radius 1 is 1.06 bits per heavy atom. The molecular formula is C24H20FN5O3. The summed E-state index contributed by atoms with van der Waals surface area (Å²) in [5.74, 6) is -0.490. The van der Waals surface area contributed by atoms with Crippen LogP contribution in [0.25, 0.3) is 11.3 Å². The zero-order chi connectivity index (χ0) is 22.9. The van der Waals surface area contributed by atoms with Gasteiger partial charge in [-0.05, 0) is 42.0 Å². The van der Waals surface area contributed by atoms with Gasteiger partial charge in [-0.25, -0.2) is 14.4 Å². The van der Waals surface area contributed by atoms with Gasteiger partial charge in [-0.2, -0.15) is 0 Å². The molecule has 0 aliphatic carbocycles. The fourth-order valence-corrected chi connectivity index (χ4v) is 3.84. The van der Waals surface area contributed by atoms with Crippen molar-refractivity contribution in [1.29, 1.82) is 0 Å². The van der Waals surface area contributed by atoms with Crippen LogP contribution in [0.3, 0.4) is 0 Å². The van der Waals surface area contributed by atoms with E-state index in [0.717, 1.165) is 17.2 Å². The monoisotopic (exact) mass is 445 g/mol. The number of nitrogens with zero attached hydrogens (tertiary/aromatic N) is 4. The molecule has 0 atom stereocenters. The number of phenols is 2. The molecule has 0 radical (unpaired) electrons. The first kappa shape index (κ1) is 20.5. The van der Waals surface area contributed by atoms with Crippen LogP contribution in [0.5, 0.6) is 11.5 Å². The van der Waals surface area contributed by atoms with E-state index in [-0.39, 0.29) is 29.0 Å². The number of fused-ring (bicyclic) bond motifs is 1. The van der Waals surface area contributed by atoms with Crippen LogP contribution >= 0.6 is 0 Å². The summed E-state index contributed by atoms with van der Waals surface area (Å²) in [6.07, 6.45) is 3.44. The molecule has 0 spiro atoms. The van der Waals surface area contributed by atoms with Crippen LogP contribution in [0.4, 0.5) is 16.0 Å². The van der Waals surface area contributed by atoms with Crippen LogP contribution in [0, 0.1) is 5.82 Å². The van der Waals surface area contributed by atoms with Gasteiger partial charge in [0, 0.05) is 43.7 Å². The molecule has 2 aromatic heterocycles. The third kappa shape index (κ3) is 4.20. The molecule has 0 saturated heterocycles. The van der Waals surface area contributed by atoms with Crippen molar-refractivity contribution in [1.82, 2.24) is 19.4 Å². The highest BCUT2D eigenvalue weighted by Crippen LogP contribution is 2.28. The molecule has 2 aromatic carbocycles. The lowest BCUT2D eigenvalue weighted by Crippen LogP contribution is -2.39. The molecule has 5 rings (SSSR count). The second-order valence-corrected chi connectivity index (χ2v) is 7.76. The average Bonchev–Trinajstić information content (AvgIpc) is 3.23. The van der Waals surface area contributed by atoms with E-state index >= 15 is 0 Å². The summed E-state index contributed by atoms with van der Waals surface area (Å²) in [5.41, 5.74) is 3.05. The maximum Gasteiger partial charge on any atom is 0.270 e. The van der Waals surface area contributed by atoms with Crippen molar-refractivity contribution >= 4 is 17.5 Å². The number of rotatable bonds is 5. The summed E-state index contributed by atoms with van der Waals surface area (Å²) in [5, 5.41) is 22.5. The minimum absolute atomic E-state index is 0.0977. The SMILES string of the molecule is O=C1c2cc(-c3ccnc(Nc4ccc(F)cc4O)n3)cn2CCN1Cc1cccc(O)c1. The molecule has 33 heavy (non-hydrogen) atoms. The fraction of sp³-hybridized carbons (Fsp3) is 0.125. The van der Waals surface area contributed by atoms with Gasteiger partial charge in [-0.3, -0.25) is 4.79 Å². The fourth-order valence-electron chi connectivity index (χ4n) is 3.84. The summed E-state index contributed by atoms with van der Waals surface area (Å²) in [6.45, 7) is 1.60. The lowest BCUT2D eigenvalue weighted by molar-refractivity contribution is 0.0691. The highest BCUT2D eigenvalue weighted by Gasteiger charge is 2.26. The number of hydrogen-bond acceptors (Lipinski definition) is 6. The van der Waals surface area contributed by atoms with E-state index in [9.17, 15) is 19.4 Å². The number of nitrogens with one attached hydrogen (secondary N) is 1. The Hall–Kier alpha value is -4.40. The number of hydrogen-bond donors (Lipinski definition) is 3. The topological polar surface area (TPSA) is 104 Å². The van der Waals surface area contributed by atoms with Crippen molar-refractivity contribution in [3.8, 4) is 22.8 Å². The van der Waals surface area contributed by atoms with Gasteiger partial charge < -0.3 is 25.0 Å². The second-order valence-electron chi connectivity index (χ2n) is 7.76. The molecule has 0 bridgehead atoms. The predicted molar refractivity (Wildman–Crippen MR) is 120 cm³/mol. The molecule has 0 unspecified atom stereocenters. The molecule has 1 amide bonds. The highest BCUT2D eigenvalue weighted by molar-refractivity contribution is 5.95. The van der Waals surface area contributed by atoms with Crippen LogP contribution in [0.1, 0.15) is 16.1 Å². The molecule has 0 saturated carbocycles. The van der Waals surface area contributed by atoms with Gasteiger partial charge >= 0.3 is 0 Å². The summed E-state index contributed by atoms with van der Waals surface area (Å²) in [4.78, 5) is 23.4. The normalized spacial score (nSPS) is 13.1. The third-order valence-electron chi connectivity index (χ3n) is 5.46. The van der Waals surface area contributed by atoms with Crippen molar-refractivity contribution in [3.63, 3.8) is 0 Å². The standard InChI is InChI=1S/C24H20FN5O3/c25-17-4-5-20(22(32)12-17)28-24-26-7-6-19(27-24)16-11-21-23(33)30(9-8-29(21)14-16)13-15-2-1-3-18(31)10-15/h1-7,10-12,14,31-32H,8-9,13H2,(H,26,27,28). The van der Waals surface area contributed by atoms with Gasteiger partial charge in [0.15, 0.2) is 0 Å². The Morgan fingerprint density at radius 2 is 1.94 bits per heavy atom. The van der Waals surface area contributed by atoms with Crippen LogP contribution in [-0.4, -0.2) is 42.1 Å². The van der Waals surface area contributed by atoms with Gasteiger partial charge in [0.25, 0.3) is 5.91 Å². The molecule has 3 heterocycles. The second kappa shape index (κ2) is 8.27. The molecule has 166 valence electrons. The summed E-state index contributed by atoms with van der Waals surface area (Å²) < 4.78 is 15.1. The smallest absolute Gasteiger partial charge is 0.270 e. The molecule has 9 heteroatoms. The van der Waals surface area contributed by atoms with Crippen LogP contribution in [-0.2, 0) is 13.1 Å². The van der Waals surface area contributed by atoms with Crippen molar-refractivity contribution in [2.24, 2.45) is 0 Å². The molecule has 1 aliphatic rings. The first-order chi connectivity index (χ1) is 16.0. The van der Waals surface area contributed by atoms with E-state index in [1.54, 1.807) is 41.4 Å². The average molecular weight is 445 g/mol. The highest BCUT2D eigenvalue weighted by atomic mass is 19.1. The molecule has 3 N–H and O–H groups in total. The molecule has 1 aliphatic heterocycles. The Kier molecular flexibility index (Phi) is 5.14. The van der Waals surface area contributed by atoms with Crippen molar-refractivity contribution < 1.29 is 19.4 Å². The van der Waals surface area contributed by atoms with E-state index in [2.05, 4.69) is 15.3 Å². The van der Waals surface area contributed by atoms with Crippen LogP contribution < -0.4 is 5.32 Å². The summed E-state index contributed by atoms with van der Waals surface area (Å²) in [6, 6.07) is 14.0. The van der Waals surface area contributed by atoms with E-state index in [1.807, 2.05) is 16.8 Å². The van der Waals surface area contributed by atoms with Gasteiger partial charge in [0.1, 0.15) is 23.0 Å². The van der Waals surface area contributed by atoms with Gasteiger partial charge in [0.2, 0.25) is 5.95 Å². The number of amides is 1. The van der Waals surface area contributed by atoms with Gasteiger partial charge in [-0.1, -0.05) is 12.1 Å². The Labute approximate surface area is 188 Å². The van der Waals surface area contributed by atoms with Crippen molar-refractivity contribution in [2.75, 3.05) is 11.9 Å². The number of phenolic OH excluding ortho intramolecular Hbond substituents is 2. The van der Waals surface area contributed by atoms with E-state index in [4.69, 9.17) is 0 Å². The zero-order valence-corrected chi connectivity index (χ0v) is 17.4. The lowest BCUT2D eigenvalue weighted by atomic mass is 10.1. The van der Waals surface area contributed by atoms with Crippen molar-refractivity contribution in [2.45, 2.75) is 13.1 Å². The molecular weight excluding hydrogens is 425 g/mol. The first-order valence-electron chi connectivity index (χ1n) is 10.3. The Morgan fingerprint density at radius 3 is 2.76 bits per heavy atom. The largest absolute Gasteiger partial charge is 0.508 e. The predicted octanol–water partition coefficient (Wildman–Crippen LogP) is 3.90. The first-order valence-corrected chi connectivity index (χ1v) is 10.3.